The molecule has 0 aromatic heterocycles. The zero-order valence-corrected chi connectivity index (χ0v) is 15.0. The van der Waals surface area contributed by atoms with Crippen molar-refractivity contribution in [3.63, 3.8) is 0 Å². The van der Waals surface area contributed by atoms with E-state index in [1.807, 2.05) is 0 Å². The Hall–Kier alpha value is -1.52. The lowest BCUT2D eigenvalue weighted by Gasteiger charge is -2.20. The van der Waals surface area contributed by atoms with Crippen molar-refractivity contribution >= 4 is 25.7 Å². The highest BCUT2D eigenvalue weighted by atomic mass is 31.2. The van der Waals surface area contributed by atoms with Gasteiger partial charge in [0.25, 0.3) is 0 Å². The van der Waals surface area contributed by atoms with Crippen LogP contribution in [0.15, 0.2) is 0 Å². The largest absolute Gasteiger partial charge is 0.480 e. The van der Waals surface area contributed by atoms with Gasteiger partial charge in [-0.2, -0.15) is 0 Å². The molecule has 0 aliphatic heterocycles. The summed E-state index contributed by atoms with van der Waals surface area (Å²) >= 11 is 0. The van der Waals surface area contributed by atoms with E-state index in [1.54, 1.807) is 13.8 Å². The number of carboxylic acids is 1. The molecule has 4 N–H and O–H groups in total. The molecular formula is C13H24NO10P. The summed E-state index contributed by atoms with van der Waals surface area (Å²) < 4.78 is 30.6. The van der Waals surface area contributed by atoms with Crippen LogP contribution in [0, 0.1) is 0 Å². The van der Waals surface area contributed by atoms with E-state index in [4.69, 9.17) is 20.3 Å². The number of nitrogens with two attached hydrogens (primary N) is 1. The van der Waals surface area contributed by atoms with Gasteiger partial charge in [0.15, 0.2) is 6.10 Å². The molecule has 0 spiro atoms. The second-order valence-electron chi connectivity index (χ2n) is 4.90. The molecule has 12 heteroatoms. The molecule has 0 rings (SSSR count). The zero-order chi connectivity index (χ0) is 19.5. The SMILES string of the molecule is CCCC(=O)OC(COC(=O)CC)COP(=O)(O)OCC(N)C(=O)O. The number of hydrogen-bond acceptors (Lipinski definition) is 9. The molecular weight excluding hydrogens is 361 g/mol. The van der Waals surface area contributed by atoms with Crippen molar-refractivity contribution in [3.05, 3.63) is 0 Å². The van der Waals surface area contributed by atoms with Gasteiger partial charge in [0.1, 0.15) is 12.6 Å². The van der Waals surface area contributed by atoms with E-state index in [0.717, 1.165) is 0 Å². The highest BCUT2D eigenvalue weighted by Gasteiger charge is 2.27. The minimum Gasteiger partial charge on any atom is -0.480 e. The molecule has 0 aromatic rings. The maximum absolute atomic E-state index is 11.7. The van der Waals surface area contributed by atoms with E-state index in [0.29, 0.717) is 6.42 Å². The van der Waals surface area contributed by atoms with E-state index in [-0.39, 0.29) is 19.4 Å². The molecule has 25 heavy (non-hydrogen) atoms. The number of carboxylic acid groups (broad SMARTS) is 1. The smallest absolute Gasteiger partial charge is 0.472 e. The van der Waals surface area contributed by atoms with Crippen LogP contribution in [0.3, 0.4) is 0 Å². The lowest BCUT2D eigenvalue weighted by Crippen LogP contribution is -2.34. The molecule has 0 radical (unpaired) electrons. The number of phosphoric ester groups is 1. The lowest BCUT2D eigenvalue weighted by molar-refractivity contribution is -0.161. The number of aliphatic carboxylic acids is 1. The Morgan fingerprint density at radius 3 is 2.20 bits per heavy atom. The maximum atomic E-state index is 11.7. The van der Waals surface area contributed by atoms with Crippen molar-refractivity contribution in [2.75, 3.05) is 19.8 Å². The predicted molar refractivity (Wildman–Crippen MR) is 83.4 cm³/mol. The van der Waals surface area contributed by atoms with Crippen LogP contribution in [0.1, 0.15) is 33.1 Å². The first-order chi connectivity index (χ1) is 11.6. The summed E-state index contributed by atoms with van der Waals surface area (Å²) in [5.41, 5.74) is 5.14. The van der Waals surface area contributed by atoms with E-state index >= 15 is 0 Å². The van der Waals surface area contributed by atoms with Gasteiger partial charge in [-0.05, 0) is 6.42 Å². The van der Waals surface area contributed by atoms with E-state index in [1.165, 1.54) is 0 Å². The second-order valence-corrected chi connectivity index (χ2v) is 6.36. The molecule has 11 nitrogen and oxygen atoms in total. The average Bonchev–Trinajstić information content (AvgIpc) is 2.54. The van der Waals surface area contributed by atoms with Crippen LogP contribution in [0.4, 0.5) is 0 Å². The van der Waals surface area contributed by atoms with Crippen LogP contribution in [0.25, 0.3) is 0 Å². The molecule has 3 unspecified atom stereocenters. The Labute approximate surface area is 145 Å². The fraction of sp³-hybridized carbons (Fsp3) is 0.769. The number of phosphoric acid groups is 1. The summed E-state index contributed by atoms with van der Waals surface area (Å²) in [4.78, 5) is 42.7. The Kier molecular flexibility index (Phi) is 11.2. The van der Waals surface area contributed by atoms with Gasteiger partial charge >= 0.3 is 25.7 Å². The van der Waals surface area contributed by atoms with Crippen LogP contribution in [0.2, 0.25) is 0 Å². The predicted octanol–water partition coefficient (Wildman–Crippen LogP) is 0.197. The summed E-state index contributed by atoms with van der Waals surface area (Å²) in [5.74, 6) is -2.56. The number of rotatable bonds is 13. The number of carbonyl (C=O) groups is 3. The minimum atomic E-state index is -4.63. The van der Waals surface area contributed by atoms with Crippen molar-refractivity contribution in [2.24, 2.45) is 5.73 Å². The first kappa shape index (κ1) is 23.5. The van der Waals surface area contributed by atoms with Crippen LogP contribution in [-0.4, -0.2) is 59.9 Å². The van der Waals surface area contributed by atoms with Crippen LogP contribution in [0.5, 0.6) is 0 Å². The van der Waals surface area contributed by atoms with Gasteiger partial charge in [0.2, 0.25) is 0 Å². The standard InChI is InChI=1S/C13H24NO10P/c1-3-5-12(16)24-9(6-21-11(15)4-2)7-22-25(19,20)23-8-10(14)13(17)18/h9-10H,3-8,14H2,1-2H3,(H,17,18)(H,19,20). The van der Waals surface area contributed by atoms with Gasteiger partial charge in [0.05, 0.1) is 13.2 Å². The minimum absolute atomic E-state index is 0.102. The van der Waals surface area contributed by atoms with Gasteiger partial charge in [0, 0.05) is 12.8 Å². The summed E-state index contributed by atoms with van der Waals surface area (Å²) in [7, 11) is -4.63. The molecule has 0 saturated carbocycles. The quantitative estimate of drug-likeness (QED) is 0.292. The van der Waals surface area contributed by atoms with Gasteiger partial charge in [-0.25, -0.2) is 4.57 Å². The number of hydrogen-bond donors (Lipinski definition) is 3. The Balaban J connectivity index is 4.59. The van der Waals surface area contributed by atoms with Crippen molar-refractivity contribution in [2.45, 2.75) is 45.3 Å². The van der Waals surface area contributed by atoms with Crippen molar-refractivity contribution < 1.29 is 47.5 Å². The fourth-order valence-corrected chi connectivity index (χ4v) is 2.09. The Morgan fingerprint density at radius 1 is 1.08 bits per heavy atom. The molecule has 3 atom stereocenters. The van der Waals surface area contributed by atoms with Crippen molar-refractivity contribution in [3.8, 4) is 0 Å². The number of esters is 2. The molecule has 146 valence electrons. The van der Waals surface area contributed by atoms with E-state index in [2.05, 4.69) is 9.05 Å². The van der Waals surface area contributed by atoms with Gasteiger partial charge in [-0.1, -0.05) is 13.8 Å². The molecule has 0 aliphatic rings. The van der Waals surface area contributed by atoms with Gasteiger partial charge in [-0.15, -0.1) is 0 Å². The number of carbonyl (C=O) groups excluding carboxylic acids is 2. The number of ether oxygens (including phenoxy) is 2. The average molecular weight is 385 g/mol. The lowest BCUT2D eigenvalue weighted by atomic mass is 10.3. The van der Waals surface area contributed by atoms with Crippen LogP contribution in [-0.2, 0) is 37.5 Å². The first-order valence-electron chi connectivity index (χ1n) is 7.56. The van der Waals surface area contributed by atoms with Gasteiger partial charge < -0.3 is 25.2 Å². The highest BCUT2D eigenvalue weighted by molar-refractivity contribution is 7.47. The van der Waals surface area contributed by atoms with E-state index in [9.17, 15) is 23.8 Å². The van der Waals surface area contributed by atoms with E-state index < -0.39 is 51.1 Å². The summed E-state index contributed by atoms with van der Waals surface area (Å²) in [6.07, 6.45) is -0.383. The molecule has 0 fully saturated rings. The fourth-order valence-electron chi connectivity index (χ4n) is 1.31. The normalized spacial score (nSPS) is 15.7. The zero-order valence-electron chi connectivity index (χ0n) is 14.1. The summed E-state index contributed by atoms with van der Waals surface area (Å²) in [6, 6.07) is -1.51. The van der Waals surface area contributed by atoms with Crippen molar-refractivity contribution in [1.29, 1.82) is 0 Å². The van der Waals surface area contributed by atoms with Crippen LogP contribution < -0.4 is 5.73 Å². The third-order valence-corrected chi connectivity index (χ3v) is 3.58. The highest BCUT2D eigenvalue weighted by Crippen LogP contribution is 2.43. The topological polar surface area (TPSA) is 172 Å². The maximum Gasteiger partial charge on any atom is 0.472 e. The second kappa shape index (κ2) is 11.9. The molecule has 0 bridgehead atoms. The summed E-state index contributed by atoms with van der Waals surface area (Å²) in [6.45, 7) is 1.61. The molecule has 0 amide bonds. The Bertz CT molecular complexity index is 497. The molecule has 0 aliphatic carbocycles. The molecule has 0 heterocycles. The molecule has 0 saturated heterocycles. The van der Waals surface area contributed by atoms with Crippen LogP contribution >= 0.6 is 7.82 Å². The molecule has 0 aromatic carbocycles. The first-order valence-corrected chi connectivity index (χ1v) is 9.06. The third-order valence-electron chi connectivity index (χ3n) is 2.63. The van der Waals surface area contributed by atoms with Gasteiger partial charge in [-0.3, -0.25) is 23.4 Å². The Morgan fingerprint density at radius 2 is 1.68 bits per heavy atom. The monoisotopic (exact) mass is 385 g/mol. The third kappa shape index (κ3) is 11.6. The summed E-state index contributed by atoms with van der Waals surface area (Å²) in [5, 5.41) is 8.57. The van der Waals surface area contributed by atoms with Crippen molar-refractivity contribution in [1.82, 2.24) is 0 Å².